The number of hydrogen-bond acceptors (Lipinski definition) is 3. The summed E-state index contributed by atoms with van der Waals surface area (Å²) in [7, 11) is 0. The van der Waals surface area contributed by atoms with Crippen LogP contribution in [0.4, 0.5) is 0 Å². The van der Waals surface area contributed by atoms with Gasteiger partial charge >= 0.3 is 0 Å². The lowest BCUT2D eigenvalue weighted by molar-refractivity contribution is -0.133. The molecule has 0 unspecified atom stereocenters. The van der Waals surface area contributed by atoms with Gasteiger partial charge in [-0.25, -0.2) is 0 Å². The van der Waals surface area contributed by atoms with E-state index in [9.17, 15) is 9.59 Å². The molecule has 0 radical (unpaired) electrons. The Kier molecular flexibility index (Phi) is 4.29. The molecule has 110 valence electrons. The van der Waals surface area contributed by atoms with Gasteiger partial charge in [-0.3, -0.25) is 9.59 Å². The van der Waals surface area contributed by atoms with Crippen molar-refractivity contribution in [2.75, 3.05) is 19.7 Å². The van der Waals surface area contributed by atoms with E-state index in [1.165, 1.54) is 0 Å². The molecule has 1 aliphatic rings. The lowest BCUT2D eigenvalue weighted by Gasteiger charge is -2.41. The Bertz CT molecular complexity index is 609. The Morgan fingerprint density at radius 3 is 2.67 bits per heavy atom. The normalized spacial score (nSPS) is 16.7. The minimum absolute atomic E-state index is 0.146. The van der Waals surface area contributed by atoms with Gasteiger partial charge in [0, 0.05) is 24.2 Å². The molecule has 0 aromatic heterocycles. The van der Waals surface area contributed by atoms with Crippen LogP contribution in [0, 0.1) is 11.8 Å². The van der Waals surface area contributed by atoms with Crippen molar-refractivity contribution >= 4 is 11.8 Å². The van der Waals surface area contributed by atoms with Crippen LogP contribution in [0.3, 0.4) is 0 Å². The lowest BCUT2D eigenvalue weighted by Crippen LogP contribution is -2.63. The van der Waals surface area contributed by atoms with Crippen LogP contribution >= 0.6 is 0 Å². The van der Waals surface area contributed by atoms with Crippen molar-refractivity contribution < 1.29 is 14.7 Å². The zero-order valence-corrected chi connectivity index (χ0v) is 12.1. The van der Waals surface area contributed by atoms with E-state index >= 15 is 0 Å². The fourth-order valence-electron chi connectivity index (χ4n) is 2.25. The van der Waals surface area contributed by atoms with Crippen molar-refractivity contribution in [2.24, 2.45) is 0 Å². The number of hydrogen-bond donors (Lipinski definition) is 2. The summed E-state index contributed by atoms with van der Waals surface area (Å²) in [5.41, 5.74) is 0.397. The number of aliphatic hydroxyl groups excluding tert-OH is 1. The molecular weight excluding hydrogens is 268 g/mol. The highest BCUT2D eigenvalue weighted by Gasteiger charge is 2.40. The molecule has 0 atom stereocenters. The number of amides is 2. The van der Waals surface area contributed by atoms with Gasteiger partial charge in [0.1, 0.15) is 12.1 Å². The van der Waals surface area contributed by atoms with Gasteiger partial charge < -0.3 is 15.3 Å². The van der Waals surface area contributed by atoms with Gasteiger partial charge in [0.25, 0.3) is 5.91 Å². The highest BCUT2D eigenvalue weighted by atomic mass is 16.2. The molecule has 5 nitrogen and oxygen atoms in total. The summed E-state index contributed by atoms with van der Waals surface area (Å²) in [6, 6.07) is 6.83. The molecule has 0 aliphatic carbocycles. The highest BCUT2D eigenvalue weighted by Crippen LogP contribution is 2.20. The Balaban J connectivity index is 2.21. The zero-order valence-electron chi connectivity index (χ0n) is 12.1. The van der Waals surface area contributed by atoms with Crippen molar-refractivity contribution in [3.63, 3.8) is 0 Å². The molecule has 0 spiro atoms. The molecule has 2 rings (SSSR count). The van der Waals surface area contributed by atoms with Crippen LogP contribution in [-0.2, 0) is 4.79 Å². The Morgan fingerprint density at radius 2 is 2.05 bits per heavy atom. The first kappa shape index (κ1) is 15.1. The molecule has 21 heavy (non-hydrogen) atoms. The molecule has 5 heteroatoms. The average molecular weight is 286 g/mol. The molecule has 2 amide bonds. The van der Waals surface area contributed by atoms with Crippen molar-refractivity contribution in [3.8, 4) is 11.8 Å². The number of carbonyl (C=O) groups excluding carboxylic acids is 2. The maximum absolute atomic E-state index is 12.6. The lowest BCUT2D eigenvalue weighted by atomic mass is 9.97. The van der Waals surface area contributed by atoms with E-state index in [-0.39, 0.29) is 18.4 Å². The molecule has 1 aromatic rings. The third-order valence-corrected chi connectivity index (χ3v) is 3.54. The minimum atomic E-state index is -0.856. The molecule has 1 saturated heterocycles. The van der Waals surface area contributed by atoms with Crippen molar-refractivity contribution in [1.29, 1.82) is 0 Å². The first-order valence-electron chi connectivity index (χ1n) is 6.77. The highest BCUT2D eigenvalue weighted by molar-refractivity contribution is 5.99. The number of carbonyl (C=O) groups is 2. The van der Waals surface area contributed by atoms with Crippen LogP contribution in [0.1, 0.15) is 29.8 Å². The minimum Gasteiger partial charge on any atom is -0.384 e. The van der Waals surface area contributed by atoms with Gasteiger partial charge in [-0.05, 0) is 38.1 Å². The summed E-state index contributed by atoms with van der Waals surface area (Å²) in [6.07, 6.45) is 0. The van der Waals surface area contributed by atoms with Crippen LogP contribution in [0.5, 0.6) is 0 Å². The molecule has 1 heterocycles. The van der Waals surface area contributed by atoms with E-state index in [0.29, 0.717) is 18.7 Å². The third kappa shape index (κ3) is 3.06. The van der Waals surface area contributed by atoms with Crippen molar-refractivity contribution in [3.05, 3.63) is 35.4 Å². The van der Waals surface area contributed by atoms with E-state index in [4.69, 9.17) is 5.11 Å². The van der Waals surface area contributed by atoms with Crippen LogP contribution in [0.2, 0.25) is 0 Å². The summed E-state index contributed by atoms with van der Waals surface area (Å²) >= 11 is 0. The Morgan fingerprint density at radius 1 is 1.38 bits per heavy atom. The standard InChI is InChI=1S/C16H18N2O3/c1-16(2)15(21)17-9-10-18(16)14(20)13-7-5-12(6-8-13)4-3-11-19/h5-8,19H,9-11H2,1-2H3,(H,17,21). The van der Waals surface area contributed by atoms with Crippen LogP contribution in [-0.4, -0.2) is 47.1 Å². The predicted octanol–water partition coefficient (Wildman–Crippen LogP) is 0.381. The molecule has 1 aliphatic heterocycles. The van der Waals surface area contributed by atoms with Gasteiger partial charge in [-0.15, -0.1) is 0 Å². The average Bonchev–Trinajstić information content (AvgIpc) is 2.48. The third-order valence-electron chi connectivity index (χ3n) is 3.54. The second-order valence-corrected chi connectivity index (χ2v) is 5.31. The zero-order chi connectivity index (χ0) is 15.5. The van der Waals surface area contributed by atoms with Crippen LogP contribution < -0.4 is 5.32 Å². The Labute approximate surface area is 124 Å². The predicted molar refractivity (Wildman–Crippen MR) is 78.5 cm³/mol. The first-order valence-corrected chi connectivity index (χ1v) is 6.77. The van der Waals surface area contributed by atoms with Crippen LogP contribution in [0.15, 0.2) is 24.3 Å². The summed E-state index contributed by atoms with van der Waals surface area (Å²) in [5, 5.41) is 11.4. The number of rotatable bonds is 1. The topological polar surface area (TPSA) is 69.6 Å². The molecule has 2 N–H and O–H groups in total. The second kappa shape index (κ2) is 5.98. The summed E-state index contributed by atoms with van der Waals surface area (Å²) in [6.45, 7) is 4.23. The number of aliphatic hydroxyl groups is 1. The van der Waals surface area contributed by atoms with Crippen LogP contribution in [0.25, 0.3) is 0 Å². The Hall–Kier alpha value is -2.32. The van der Waals surface area contributed by atoms with E-state index in [1.54, 1.807) is 43.0 Å². The SMILES string of the molecule is CC1(C)C(=O)NCCN1C(=O)c1ccc(C#CCO)cc1. The quantitative estimate of drug-likeness (QED) is 0.733. The van der Waals surface area contributed by atoms with E-state index in [1.807, 2.05) is 0 Å². The van der Waals surface area contributed by atoms with Gasteiger partial charge in [0.15, 0.2) is 0 Å². The number of piperazine rings is 1. The summed E-state index contributed by atoms with van der Waals surface area (Å²) in [4.78, 5) is 26.0. The second-order valence-electron chi connectivity index (χ2n) is 5.31. The smallest absolute Gasteiger partial charge is 0.254 e. The molecule has 0 bridgehead atoms. The molecular formula is C16H18N2O3. The molecule has 1 aromatic carbocycles. The fraction of sp³-hybridized carbons (Fsp3) is 0.375. The molecule has 0 saturated carbocycles. The summed E-state index contributed by atoms with van der Waals surface area (Å²) < 4.78 is 0. The number of benzene rings is 1. The largest absolute Gasteiger partial charge is 0.384 e. The fourth-order valence-corrected chi connectivity index (χ4v) is 2.25. The van der Waals surface area contributed by atoms with E-state index in [2.05, 4.69) is 17.2 Å². The maximum atomic E-state index is 12.6. The van der Waals surface area contributed by atoms with Gasteiger partial charge in [0.05, 0.1) is 0 Å². The van der Waals surface area contributed by atoms with E-state index < -0.39 is 5.54 Å². The van der Waals surface area contributed by atoms with Gasteiger partial charge in [-0.2, -0.15) is 0 Å². The van der Waals surface area contributed by atoms with Gasteiger partial charge in [0.2, 0.25) is 5.91 Å². The molecule has 1 fully saturated rings. The van der Waals surface area contributed by atoms with Crippen molar-refractivity contribution in [1.82, 2.24) is 10.2 Å². The van der Waals surface area contributed by atoms with Crippen molar-refractivity contribution in [2.45, 2.75) is 19.4 Å². The summed E-state index contributed by atoms with van der Waals surface area (Å²) in [5.74, 6) is 5.01. The number of nitrogens with one attached hydrogen (secondary N) is 1. The van der Waals surface area contributed by atoms with E-state index in [0.717, 1.165) is 5.56 Å². The maximum Gasteiger partial charge on any atom is 0.254 e. The monoisotopic (exact) mass is 286 g/mol. The first-order chi connectivity index (χ1) is 9.96. The number of nitrogens with zero attached hydrogens (tertiary/aromatic N) is 1. The van der Waals surface area contributed by atoms with Gasteiger partial charge in [-0.1, -0.05) is 11.8 Å².